The average molecular weight is 476 g/mol. The van der Waals surface area contributed by atoms with Crippen molar-refractivity contribution >= 4 is 23.2 Å². The molecule has 9 heteroatoms. The van der Waals surface area contributed by atoms with E-state index in [2.05, 4.69) is 15.5 Å². The number of ether oxygens (including phenoxy) is 1. The Morgan fingerprint density at radius 2 is 1.91 bits per heavy atom. The van der Waals surface area contributed by atoms with E-state index in [1.54, 1.807) is 23.1 Å². The average Bonchev–Trinajstić information content (AvgIpc) is 3.45. The second-order valence-electron chi connectivity index (χ2n) is 9.85. The van der Waals surface area contributed by atoms with E-state index in [9.17, 15) is 14.7 Å². The van der Waals surface area contributed by atoms with Gasteiger partial charge in [0.05, 0.1) is 18.7 Å². The smallest absolute Gasteiger partial charge is 0.253 e. The number of hydrogen-bond acceptors (Lipinski definition) is 6. The summed E-state index contributed by atoms with van der Waals surface area (Å²) in [5.74, 6) is 0.298. The van der Waals surface area contributed by atoms with Crippen LogP contribution in [0.15, 0.2) is 60.9 Å². The van der Waals surface area contributed by atoms with Crippen molar-refractivity contribution in [2.45, 2.75) is 25.5 Å². The lowest BCUT2D eigenvalue weighted by atomic mass is 9.74. The van der Waals surface area contributed by atoms with E-state index in [0.29, 0.717) is 25.4 Å². The molecule has 35 heavy (non-hydrogen) atoms. The lowest BCUT2D eigenvalue weighted by Crippen LogP contribution is -2.67. The molecule has 2 saturated heterocycles. The van der Waals surface area contributed by atoms with Crippen LogP contribution < -0.4 is 15.0 Å². The fourth-order valence-electron chi connectivity index (χ4n) is 4.98. The van der Waals surface area contributed by atoms with Crippen molar-refractivity contribution in [3.8, 4) is 16.9 Å². The van der Waals surface area contributed by atoms with Gasteiger partial charge in [-0.3, -0.25) is 14.7 Å². The van der Waals surface area contributed by atoms with Gasteiger partial charge in [0.1, 0.15) is 17.4 Å². The summed E-state index contributed by atoms with van der Waals surface area (Å²) in [5, 5.41) is 20.4. The molecule has 3 heterocycles. The highest BCUT2D eigenvalue weighted by Crippen LogP contribution is 2.44. The highest BCUT2D eigenvalue weighted by Gasteiger charge is 2.60. The Morgan fingerprint density at radius 3 is 2.54 bits per heavy atom. The summed E-state index contributed by atoms with van der Waals surface area (Å²) in [6, 6.07) is 14.7. The fourth-order valence-corrected chi connectivity index (χ4v) is 4.98. The third kappa shape index (κ3) is 4.12. The molecule has 0 aliphatic carbocycles. The zero-order valence-electron chi connectivity index (χ0n) is 20.0. The highest BCUT2D eigenvalue weighted by molar-refractivity contribution is 6.03. The fraction of sp³-hybridized carbons (Fsp3) is 0.346. The molecule has 0 radical (unpaired) electrons. The quantitative estimate of drug-likeness (QED) is 0.505. The number of amides is 2. The van der Waals surface area contributed by atoms with Gasteiger partial charge in [-0.25, -0.2) is 0 Å². The number of likely N-dealkylation sites (tertiary alicyclic amines) is 1. The molecular formula is C26H29N5O4. The van der Waals surface area contributed by atoms with E-state index < -0.39 is 17.1 Å². The molecule has 0 bridgehead atoms. The number of nitrogens with one attached hydrogen (secondary N) is 2. The number of H-pyrrole nitrogens is 1. The zero-order valence-corrected chi connectivity index (χ0v) is 20.0. The van der Waals surface area contributed by atoms with Crippen molar-refractivity contribution < 1.29 is 19.4 Å². The summed E-state index contributed by atoms with van der Waals surface area (Å²) in [6.45, 7) is 4.20. The van der Waals surface area contributed by atoms with E-state index in [0.717, 1.165) is 22.5 Å². The number of methoxy groups -OCH3 is 1. The normalized spacial score (nSPS) is 19.1. The second kappa shape index (κ2) is 8.42. The van der Waals surface area contributed by atoms with Gasteiger partial charge in [0.2, 0.25) is 5.91 Å². The molecule has 9 nitrogen and oxygen atoms in total. The molecule has 2 aromatic carbocycles. The van der Waals surface area contributed by atoms with Gasteiger partial charge in [-0.1, -0.05) is 18.2 Å². The lowest BCUT2D eigenvalue weighted by Gasteiger charge is -2.51. The van der Waals surface area contributed by atoms with E-state index in [-0.39, 0.29) is 11.8 Å². The van der Waals surface area contributed by atoms with Crippen LogP contribution in [-0.2, 0) is 9.59 Å². The van der Waals surface area contributed by atoms with Gasteiger partial charge < -0.3 is 25.0 Å². The second-order valence-corrected chi connectivity index (χ2v) is 9.85. The van der Waals surface area contributed by atoms with Gasteiger partial charge in [0, 0.05) is 48.8 Å². The van der Waals surface area contributed by atoms with Crippen molar-refractivity contribution in [2.24, 2.45) is 5.41 Å². The molecule has 182 valence electrons. The maximum Gasteiger partial charge on any atom is 0.253 e. The first-order valence-electron chi connectivity index (χ1n) is 11.5. The maximum atomic E-state index is 13.7. The molecule has 3 aromatic rings. The first-order chi connectivity index (χ1) is 16.7. The van der Waals surface area contributed by atoms with Crippen LogP contribution in [0.5, 0.6) is 5.75 Å². The largest absolute Gasteiger partial charge is 0.497 e. The molecule has 5 rings (SSSR count). The molecule has 1 aromatic heterocycles. The standard InChI is InChI=1S/C26H29N5O4/c1-25(2,34)24(33)30-14-26(15-30)16-31(20-9-7-17(8-10-20)18-12-27-28-13-18)23(32)22(26)29-19-5-4-6-21(11-19)35-3/h4-13,22,29,34H,14-16H2,1-3H3,(H,27,28). The molecular weight excluding hydrogens is 446 g/mol. The molecule has 1 unspecified atom stereocenters. The minimum Gasteiger partial charge on any atom is -0.497 e. The number of hydrogen-bond donors (Lipinski definition) is 3. The van der Waals surface area contributed by atoms with Gasteiger partial charge in [0.15, 0.2) is 0 Å². The molecule has 2 amide bonds. The maximum absolute atomic E-state index is 13.7. The predicted molar refractivity (Wildman–Crippen MR) is 132 cm³/mol. The Labute approximate surface area is 203 Å². The van der Waals surface area contributed by atoms with Crippen molar-refractivity contribution in [3.63, 3.8) is 0 Å². The number of anilines is 2. The van der Waals surface area contributed by atoms with Crippen molar-refractivity contribution in [1.29, 1.82) is 0 Å². The summed E-state index contributed by atoms with van der Waals surface area (Å²) >= 11 is 0. The minimum atomic E-state index is -1.46. The lowest BCUT2D eigenvalue weighted by molar-refractivity contribution is -0.160. The first kappa shape index (κ1) is 22.9. The molecule has 2 aliphatic heterocycles. The van der Waals surface area contributed by atoms with Gasteiger partial charge in [0.25, 0.3) is 5.91 Å². The summed E-state index contributed by atoms with van der Waals surface area (Å²) in [7, 11) is 1.60. The van der Waals surface area contributed by atoms with Gasteiger partial charge in [-0.05, 0) is 43.7 Å². The van der Waals surface area contributed by atoms with Crippen LogP contribution in [0.25, 0.3) is 11.1 Å². The number of nitrogens with zero attached hydrogens (tertiary/aromatic N) is 3. The molecule has 1 spiro atoms. The molecule has 0 saturated carbocycles. The number of aromatic amines is 1. The van der Waals surface area contributed by atoms with Crippen LogP contribution in [0.3, 0.4) is 0 Å². The number of aliphatic hydroxyl groups is 1. The SMILES string of the molecule is COc1cccc(NC2C(=O)N(c3ccc(-c4cn[nH]c4)cc3)CC23CN(C(=O)C(C)(C)O)C3)c1. The summed E-state index contributed by atoms with van der Waals surface area (Å²) in [6.07, 6.45) is 3.57. The molecule has 3 N–H and O–H groups in total. The van der Waals surface area contributed by atoms with Crippen LogP contribution in [0.1, 0.15) is 13.8 Å². The Morgan fingerprint density at radius 1 is 1.17 bits per heavy atom. The van der Waals surface area contributed by atoms with Gasteiger partial charge in [-0.2, -0.15) is 5.10 Å². The van der Waals surface area contributed by atoms with E-state index in [1.807, 2.05) is 54.7 Å². The topological polar surface area (TPSA) is 111 Å². The van der Waals surface area contributed by atoms with Crippen LogP contribution >= 0.6 is 0 Å². The predicted octanol–water partition coefficient (Wildman–Crippen LogP) is 2.51. The Bertz CT molecular complexity index is 1230. The summed E-state index contributed by atoms with van der Waals surface area (Å²) < 4.78 is 5.33. The van der Waals surface area contributed by atoms with Crippen molar-refractivity contribution in [1.82, 2.24) is 15.1 Å². The number of carbonyl (C=O) groups excluding carboxylic acids is 2. The number of aromatic nitrogens is 2. The third-order valence-electron chi connectivity index (χ3n) is 6.81. The van der Waals surface area contributed by atoms with E-state index in [4.69, 9.17) is 4.74 Å². The Hall–Kier alpha value is -3.85. The third-order valence-corrected chi connectivity index (χ3v) is 6.81. The number of carbonyl (C=O) groups is 2. The Kier molecular flexibility index (Phi) is 5.52. The van der Waals surface area contributed by atoms with Gasteiger partial charge >= 0.3 is 0 Å². The van der Waals surface area contributed by atoms with Gasteiger partial charge in [-0.15, -0.1) is 0 Å². The summed E-state index contributed by atoms with van der Waals surface area (Å²) in [4.78, 5) is 29.8. The minimum absolute atomic E-state index is 0.0563. The monoisotopic (exact) mass is 475 g/mol. The zero-order chi connectivity index (χ0) is 24.8. The number of rotatable bonds is 6. The Balaban J connectivity index is 1.42. The van der Waals surface area contributed by atoms with Crippen molar-refractivity contribution in [3.05, 3.63) is 60.9 Å². The number of benzene rings is 2. The van der Waals surface area contributed by atoms with Crippen LogP contribution in [0.4, 0.5) is 11.4 Å². The summed E-state index contributed by atoms with van der Waals surface area (Å²) in [5.41, 5.74) is 1.60. The van der Waals surface area contributed by atoms with Crippen LogP contribution in [0, 0.1) is 5.41 Å². The molecule has 2 fully saturated rings. The van der Waals surface area contributed by atoms with Crippen LogP contribution in [-0.4, -0.2) is 70.4 Å². The highest BCUT2D eigenvalue weighted by atomic mass is 16.5. The van der Waals surface area contributed by atoms with Crippen LogP contribution in [0.2, 0.25) is 0 Å². The van der Waals surface area contributed by atoms with Crippen molar-refractivity contribution in [2.75, 3.05) is 37.0 Å². The first-order valence-corrected chi connectivity index (χ1v) is 11.5. The molecule has 1 atom stereocenters. The van der Waals surface area contributed by atoms with E-state index >= 15 is 0 Å². The van der Waals surface area contributed by atoms with E-state index in [1.165, 1.54) is 13.8 Å². The molecule has 2 aliphatic rings.